The summed E-state index contributed by atoms with van der Waals surface area (Å²) in [5, 5.41) is 4.16. The van der Waals surface area contributed by atoms with Crippen LogP contribution < -0.4 is 14.8 Å². The molecule has 0 amide bonds. The predicted molar refractivity (Wildman–Crippen MR) is 115 cm³/mol. The van der Waals surface area contributed by atoms with Gasteiger partial charge in [0.1, 0.15) is 6.61 Å². The number of ether oxygens (including phenoxy) is 2. The van der Waals surface area contributed by atoms with E-state index in [9.17, 15) is 0 Å². The Kier molecular flexibility index (Phi) is 11.1. The second-order valence-electron chi connectivity index (χ2n) is 5.87. The van der Waals surface area contributed by atoms with Crippen molar-refractivity contribution in [3.8, 4) is 11.5 Å². The average molecular weight is 463 g/mol. The SMILES string of the molecule is CCCCCNCc1cc(Br)c(OCc2ccccc2Cl)c(OC)c1.Cl. The van der Waals surface area contributed by atoms with E-state index in [0.717, 1.165) is 28.7 Å². The quantitative estimate of drug-likeness (QED) is 0.414. The molecule has 0 saturated heterocycles. The summed E-state index contributed by atoms with van der Waals surface area (Å²) in [6.07, 6.45) is 3.70. The highest BCUT2D eigenvalue weighted by Crippen LogP contribution is 2.37. The number of hydrogen-bond acceptors (Lipinski definition) is 3. The molecule has 0 saturated carbocycles. The van der Waals surface area contributed by atoms with Gasteiger partial charge in [-0.25, -0.2) is 0 Å². The first-order chi connectivity index (χ1) is 12.2. The van der Waals surface area contributed by atoms with E-state index in [2.05, 4.69) is 34.2 Å². The van der Waals surface area contributed by atoms with E-state index < -0.39 is 0 Å². The second kappa shape index (κ2) is 12.4. The Bertz CT molecular complexity index is 683. The van der Waals surface area contributed by atoms with Crippen molar-refractivity contribution in [3.05, 3.63) is 57.0 Å². The molecule has 2 rings (SSSR count). The minimum atomic E-state index is 0. The maximum Gasteiger partial charge on any atom is 0.175 e. The van der Waals surface area contributed by atoms with Crippen molar-refractivity contribution < 1.29 is 9.47 Å². The molecule has 0 atom stereocenters. The van der Waals surface area contributed by atoms with E-state index in [1.807, 2.05) is 30.3 Å². The van der Waals surface area contributed by atoms with Gasteiger partial charge < -0.3 is 14.8 Å². The molecule has 6 heteroatoms. The lowest BCUT2D eigenvalue weighted by Gasteiger charge is -2.15. The van der Waals surface area contributed by atoms with Crippen LogP contribution in [0.3, 0.4) is 0 Å². The zero-order valence-electron chi connectivity index (χ0n) is 15.2. The van der Waals surface area contributed by atoms with Gasteiger partial charge in [-0.15, -0.1) is 12.4 Å². The van der Waals surface area contributed by atoms with Crippen LogP contribution in [0.2, 0.25) is 5.02 Å². The van der Waals surface area contributed by atoms with Gasteiger partial charge in [-0.1, -0.05) is 49.6 Å². The van der Waals surface area contributed by atoms with Gasteiger partial charge >= 0.3 is 0 Å². The Morgan fingerprint density at radius 3 is 2.62 bits per heavy atom. The first-order valence-corrected chi connectivity index (χ1v) is 9.76. The molecule has 0 spiro atoms. The molecule has 2 aromatic rings. The molecule has 26 heavy (non-hydrogen) atoms. The summed E-state index contributed by atoms with van der Waals surface area (Å²) in [6, 6.07) is 11.8. The van der Waals surface area contributed by atoms with Crippen LogP contribution in [0.4, 0.5) is 0 Å². The molecule has 0 aromatic heterocycles. The molecule has 0 aliphatic carbocycles. The van der Waals surface area contributed by atoms with Crippen LogP contribution in [0.1, 0.15) is 37.3 Å². The van der Waals surface area contributed by atoms with Gasteiger partial charge in [-0.3, -0.25) is 0 Å². The number of methoxy groups -OCH3 is 1. The van der Waals surface area contributed by atoms with Gasteiger partial charge in [0.15, 0.2) is 11.5 Å². The molecule has 0 bridgehead atoms. The third-order valence-corrected chi connectivity index (χ3v) is 4.86. The molecule has 2 aromatic carbocycles. The van der Waals surface area contributed by atoms with Crippen LogP contribution in [-0.2, 0) is 13.2 Å². The fourth-order valence-corrected chi connectivity index (χ4v) is 3.31. The van der Waals surface area contributed by atoms with E-state index in [0.29, 0.717) is 23.1 Å². The first-order valence-electron chi connectivity index (χ1n) is 8.59. The van der Waals surface area contributed by atoms with E-state index >= 15 is 0 Å². The maximum absolute atomic E-state index is 6.19. The van der Waals surface area contributed by atoms with Gasteiger partial charge in [-0.2, -0.15) is 0 Å². The largest absolute Gasteiger partial charge is 0.493 e. The third kappa shape index (κ3) is 6.99. The van der Waals surface area contributed by atoms with Crippen molar-refractivity contribution in [3.63, 3.8) is 0 Å². The summed E-state index contributed by atoms with van der Waals surface area (Å²) >= 11 is 9.79. The number of benzene rings is 2. The molecule has 144 valence electrons. The van der Waals surface area contributed by atoms with Crippen molar-refractivity contribution >= 4 is 39.9 Å². The Labute approximate surface area is 176 Å². The molecule has 1 N–H and O–H groups in total. The number of halogens is 3. The third-order valence-electron chi connectivity index (χ3n) is 3.91. The number of rotatable bonds is 10. The Morgan fingerprint density at radius 2 is 1.92 bits per heavy atom. The second-order valence-corrected chi connectivity index (χ2v) is 7.13. The fraction of sp³-hybridized carbons (Fsp3) is 0.400. The summed E-state index contributed by atoms with van der Waals surface area (Å²) in [5.41, 5.74) is 2.10. The van der Waals surface area contributed by atoms with Gasteiger partial charge in [0.25, 0.3) is 0 Å². The molecule has 0 radical (unpaired) electrons. The standard InChI is InChI=1S/C20H25BrClNO2.ClH/c1-3-4-7-10-23-13-15-11-17(21)20(19(12-15)24-2)25-14-16-8-5-6-9-18(16)22;/h5-6,8-9,11-12,23H,3-4,7,10,13-14H2,1-2H3;1H. The molecule has 0 fully saturated rings. The van der Waals surface area contributed by atoms with E-state index in [1.165, 1.54) is 19.3 Å². The topological polar surface area (TPSA) is 30.5 Å². The van der Waals surface area contributed by atoms with Crippen LogP contribution in [0.5, 0.6) is 11.5 Å². The molecular formula is C20H26BrCl2NO2. The number of unbranched alkanes of at least 4 members (excludes halogenated alkanes) is 2. The molecule has 0 unspecified atom stereocenters. The van der Waals surface area contributed by atoms with Crippen LogP contribution in [0, 0.1) is 0 Å². The lowest BCUT2D eigenvalue weighted by atomic mass is 10.2. The lowest BCUT2D eigenvalue weighted by molar-refractivity contribution is 0.282. The summed E-state index contributed by atoms with van der Waals surface area (Å²) in [7, 11) is 1.66. The molecule has 3 nitrogen and oxygen atoms in total. The predicted octanol–water partition coefficient (Wildman–Crippen LogP) is 6.39. The van der Waals surface area contributed by atoms with E-state index in [-0.39, 0.29) is 12.4 Å². The summed E-state index contributed by atoms with van der Waals surface area (Å²) in [6.45, 7) is 4.44. The van der Waals surface area contributed by atoms with E-state index in [1.54, 1.807) is 7.11 Å². The smallest absolute Gasteiger partial charge is 0.175 e. The zero-order valence-corrected chi connectivity index (χ0v) is 18.3. The summed E-state index contributed by atoms with van der Waals surface area (Å²) < 4.78 is 12.4. The lowest BCUT2D eigenvalue weighted by Crippen LogP contribution is -2.14. The highest BCUT2D eigenvalue weighted by Gasteiger charge is 2.12. The molecule has 0 aliphatic rings. The molecular weight excluding hydrogens is 437 g/mol. The Hall–Kier alpha value is -0.940. The average Bonchev–Trinajstić information content (AvgIpc) is 2.61. The van der Waals surface area contributed by atoms with Crippen molar-refractivity contribution in [2.75, 3.05) is 13.7 Å². The van der Waals surface area contributed by atoms with Crippen molar-refractivity contribution in [2.24, 2.45) is 0 Å². The van der Waals surface area contributed by atoms with E-state index in [4.69, 9.17) is 21.1 Å². The van der Waals surface area contributed by atoms with Crippen LogP contribution in [0.25, 0.3) is 0 Å². The molecule has 0 aliphatic heterocycles. The number of hydrogen-bond donors (Lipinski definition) is 1. The van der Waals surface area contributed by atoms with Gasteiger partial charge in [0.2, 0.25) is 0 Å². The van der Waals surface area contributed by atoms with Crippen LogP contribution in [0.15, 0.2) is 40.9 Å². The summed E-state index contributed by atoms with van der Waals surface area (Å²) in [5.74, 6) is 1.41. The highest BCUT2D eigenvalue weighted by atomic mass is 79.9. The normalized spacial score (nSPS) is 10.3. The highest BCUT2D eigenvalue weighted by molar-refractivity contribution is 9.10. The Balaban J connectivity index is 0.00000338. The minimum absolute atomic E-state index is 0. The van der Waals surface area contributed by atoms with Gasteiger partial charge in [0, 0.05) is 17.1 Å². The van der Waals surface area contributed by atoms with Crippen molar-refractivity contribution in [1.29, 1.82) is 0 Å². The van der Waals surface area contributed by atoms with Crippen molar-refractivity contribution in [1.82, 2.24) is 5.32 Å². The maximum atomic E-state index is 6.19. The van der Waals surface area contributed by atoms with Crippen LogP contribution >= 0.6 is 39.9 Å². The molecule has 0 heterocycles. The number of nitrogens with one attached hydrogen (secondary N) is 1. The van der Waals surface area contributed by atoms with Crippen LogP contribution in [-0.4, -0.2) is 13.7 Å². The fourth-order valence-electron chi connectivity index (χ4n) is 2.51. The Morgan fingerprint density at radius 1 is 1.15 bits per heavy atom. The van der Waals surface area contributed by atoms with Gasteiger partial charge in [0.05, 0.1) is 11.6 Å². The minimum Gasteiger partial charge on any atom is -0.493 e. The first kappa shape index (κ1) is 23.1. The monoisotopic (exact) mass is 461 g/mol. The summed E-state index contributed by atoms with van der Waals surface area (Å²) in [4.78, 5) is 0. The zero-order chi connectivity index (χ0) is 18.1. The van der Waals surface area contributed by atoms with Gasteiger partial charge in [-0.05, 0) is 52.7 Å². The van der Waals surface area contributed by atoms with Crippen molar-refractivity contribution in [2.45, 2.75) is 39.3 Å².